The van der Waals surface area contributed by atoms with Crippen LogP contribution in [0, 0.1) is 11.8 Å². The zero-order chi connectivity index (χ0) is 20.4. The molecule has 0 bridgehead atoms. The number of halogens is 1. The van der Waals surface area contributed by atoms with Crippen LogP contribution in [0.4, 0.5) is 5.69 Å². The zero-order valence-electron chi connectivity index (χ0n) is 16.3. The van der Waals surface area contributed by atoms with Crippen LogP contribution in [0.2, 0.25) is 5.02 Å². The molecule has 29 heavy (non-hydrogen) atoms. The maximum Gasteiger partial charge on any atom is 0.247 e. The molecule has 0 aromatic heterocycles. The van der Waals surface area contributed by atoms with E-state index in [1.54, 1.807) is 5.01 Å². The van der Waals surface area contributed by atoms with Crippen molar-refractivity contribution in [2.45, 2.75) is 19.5 Å². The summed E-state index contributed by atoms with van der Waals surface area (Å²) in [5.41, 5.74) is 5.11. The number of hydrogen-bond donors (Lipinski definition) is 2. The molecule has 152 valence electrons. The van der Waals surface area contributed by atoms with Gasteiger partial charge in [0.25, 0.3) is 0 Å². The SMILES string of the molecule is CCN1CC(C(=O)NCc2ccc(Cl)cc2)C2NN(c3ccccc3)C(=O)C2C1. The Morgan fingerprint density at radius 2 is 1.86 bits per heavy atom. The normalized spacial score (nSPS) is 24.4. The Hall–Kier alpha value is -2.41. The summed E-state index contributed by atoms with van der Waals surface area (Å²) in [6.45, 7) is 4.60. The van der Waals surface area contributed by atoms with Crippen molar-refractivity contribution >= 4 is 29.1 Å². The van der Waals surface area contributed by atoms with Crippen molar-refractivity contribution in [3.63, 3.8) is 0 Å². The Morgan fingerprint density at radius 3 is 2.55 bits per heavy atom. The molecule has 2 aromatic rings. The number of hydrogen-bond acceptors (Lipinski definition) is 4. The van der Waals surface area contributed by atoms with Gasteiger partial charge in [-0.3, -0.25) is 9.59 Å². The van der Waals surface area contributed by atoms with Gasteiger partial charge >= 0.3 is 0 Å². The van der Waals surface area contributed by atoms with E-state index in [4.69, 9.17) is 11.6 Å². The van der Waals surface area contributed by atoms with Gasteiger partial charge in [-0.2, -0.15) is 0 Å². The molecular weight excluding hydrogens is 388 g/mol. The summed E-state index contributed by atoms with van der Waals surface area (Å²) in [7, 11) is 0. The highest BCUT2D eigenvalue weighted by atomic mass is 35.5. The van der Waals surface area contributed by atoms with Gasteiger partial charge in [0.15, 0.2) is 0 Å². The van der Waals surface area contributed by atoms with E-state index >= 15 is 0 Å². The predicted molar refractivity (Wildman–Crippen MR) is 113 cm³/mol. The van der Waals surface area contributed by atoms with Gasteiger partial charge in [-0.05, 0) is 36.4 Å². The van der Waals surface area contributed by atoms with Crippen LogP contribution in [0.15, 0.2) is 54.6 Å². The third-order valence-electron chi connectivity index (χ3n) is 5.77. The Balaban J connectivity index is 1.50. The fourth-order valence-corrected chi connectivity index (χ4v) is 4.26. The van der Waals surface area contributed by atoms with Gasteiger partial charge in [0.05, 0.1) is 23.6 Å². The van der Waals surface area contributed by atoms with Gasteiger partial charge in [0.2, 0.25) is 11.8 Å². The van der Waals surface area contributed by atoms with Gasteiger partial charge < -0.3 is 10.2 Å². The minimum Gasteiger partial charge on any atom is -0.352 e. The Labute approximate surface area is 175 Å². The van der Waals surface area contributed by atoms with E-state index in [1.807, 2.05) is 54.6 Å². The van der Waals surface area contributed by atoms with Crippen molar-refractivity contribution < 1.29 is 9.59 Å². The van der Waals surface area contributed by atoms with Crippen LogP contribution in [-0.4, -0.2) is 42.4 Å². The second kappa shape index (κ2) is 8.53. The molecular formula is C22H25ClN4O2. The maximum atomic E-state index is 13.1. The van der Waals surface area contributed by atoms with Crippen LogP contribution in [0.25, 0.3) is 0 Å². The minimum atomic E-state index is -0.307. The fraction of sp³-hybridized carbons (Fsp3) is 0.364. The first-order chi connectivity index (χ1) is 14.1. The minimum absolute atomic E-state index is 0.0230. The summed E-state index contributed by atoms with van der Waals surface area (Å²) in [6, 6.07) is 16.7. The summed E-state index contributed by atoms with van der Waals surface area (Å²) in [6.07, 6.45) is 0. The number of carbonyl (C=O) groups is 2. The van der Waals surface area contributed by atoms with Crippen molar-refractivity contribution in [3.8, 4) is 0 Å². The summed E-state index contributed by atoms with van der Waals surface area (Å²) >= 11 is 5.93. The molecule has 2 heterocycles. The molecule has 0 spiro atoms. The smallest absolute Gasteiger partial charge is 0.247 e. The summed E-state index contributed by atoms with van der Waals surface area (Å²) in [5.74, 6) is -0.563. The number of nitrogens with one attached hydrogen (secondary N) is 2. The second-order valence-electron chi connectivity index (χ2n) is 7.57. The third kappa shape index (κ3) is 4.15. The molecule has 2 aliphatic heterocycles. The number of carbonyl (C=O) groups excluding carboxylic acids is 2. The van der Waals surface area contributed by atoms with E-state index in [0.717, 1.165) is 17.8 Å². The molecule has 0 saturated carbocycles. The molecule has 2 saturated heterocycles. The van der Waals surface area contributed by atoms with E-state index in [-0.39, 0.29) is 29.7 Å². The molecule has 4 rings (SSSR count). The Bertz CT molecular complexity index is 874. The monoisotopic (exact) mass is 412 g/mol. The molecule has 2 fully saturated rings. The summed E-state index contributed by atoms with van der Waals surface area (Å²) < 4.78 is 0. The highest BCUT2D eigenvalue weighted by molar-refractivity contribution is 6.30. The van der Waals surface area contributed by atoms with Crippen LogP contribution in [0.1, 0.15) is 12.5 Å². The number of anilines is 1. The molecule has 2 aromatic carbocycles. The predicted octanol–water partition coefficient (Wildman–Crippen LogP) is 2.44. The number of benzene rings is 2. The van der Waals surface area contributed by atoms with Crippen LogP contribution in [-0.2, 0) is 16.1 Å². The standard InChI is InChI=1S/C22H25ClN4O2/c1-2-26-13-18(21(28)24-12-15-8-10-16(23)11-9-15)20-19(14-26)22(29)27(25-20)17-6-4-3-5-7-17/h3-11,18-20,25H,2,12-14H2,1H3,(H,24,28). The van der Waals surface area contributed by atoms with Crippen molar-refractivity contribution in [1.82, 2.24) is 15.6 Å². The second-order valence-corrected chi connectivity index (χ2v) is 8.01. The van der Waals surface area contributed by atoms with E-state index in [2.05, 4.69) is 22.6 Å². The van der Waals surface area contributed by atoms with Gasteiger partial charge in [0.1, 0.15) is 0 Å². The molecule has 2 aliphatic rings. The number of rotatable bonds is 5. The van der Waals surface area contributed by atoms with Gasteiger partial charge in [0, 0.05) is 24.7 Å². The lowest BCUT2D eigenvalue weighted by Crippen LogP contribution is -2.56. The van der Waals surface area contributed by atoms with Crippen molar-refractivity contribution in [1.29, 1.82) is 0 Å². The van der Waals surface area contributed by atoms with Crippen molar-refractivity contribution in [2.24, 2.45) is 11.8 Å². The molecule has 0 radical (unpaired) electrons. The average Bonchev–Trinajstić information content (AvgIpc) is 3.09. The number of likely N-dealkylation sites (tertiary alicyclic amines) is 1. The average molecular weight is 413 g/mol. The number of hydrazine groups is 1. The number of piperidine rings is 1. The first-order valence-electron chi connectivity index (χ1n) is 9.96. The van der Waals surface area contributed by atoms with Crippen LogP contribution >= 0.6 is 11.6 Å². The van der Waals surface area contributed by atoms with Gasteiger partial charge in [-0.15, -0.1) is 0 Å². The van der Waals surface area contributed by atoms with E-state index in [0.29, 0.717) is 24.7 Å². The molecule has 3 atom stereocenters. The van der Waals surface area contributed by atoms with Crippen LogP contribution in [0.3, 0.4) is 0 Å². The third-order valence-corrected chi connectivity index (χ3v) is 6.02. The van der Waals surface area contributed by atoms with E-state index in [1.165, 1.54) is 0 Å². The quantitative estimate of drug-likeness (QED) is 0.791. The highest BCUT2D eigenvalue weighted by Crippen LogP contribution is 2.31. The van der Waals surface area contributed by atoms with E-state index in [9.17, 15) is 9.59 Å². The van der Waals surface area contributed by atoms with Gasteiger partial charge in [-0.1, -0.05) is 48.9 Å². The number of nitrogens with zero attached hydrogens (tertiary/aromatic N) is 2. The lowest BCUT2D eigenvalue weighted by atomic mass is 9.84. The number of fused-ring (bicyclic) bond motifs is 1. The van der Waals surface area contributed by atoms with Crippen LogP contribution in [0.5, 0.6) is 0 Å². The molecule has 2 N–H and O–H groups in total. The first kappa shape index (κ1) is 19.9. The van der Waals surface area contributed by atoms with Crippen LogP contribution < -0.4 is 15.8 Å². The largest absolute Gasteiger partial charge is 0.352 e. The number of amides is 2. The van der Waals surface area contributed by atoms with Crippen molar-refractivity contribution in [2.75, 3.05) is 24.6 Å². The lowest BCUT2D eigenvalue weighted by Gasteiger charge is -2.37. The Kier molecular flexibility index (Phi) is 5.85. The first-order valence-corrected chi connectivity index (χ1v) is 10.3. The lowest BCUT2D eigenvalue weighted by molar-refractivity contribution is -0.129. The van der Waals surface area contributed by atoms with E-state index < -0.39 is 0 Å². The zero-order valence-corrected chi connectivity index (χ0v) is 17.1. The fourth-order valence-electron chi connectivity index (χ4n) is 4.13. The summed E-state index contributed by atoms with van der Waals surface area (Å²) in [4.78, 5) is 28.3. The highest BCUT2D eigenvalue weighted by Gasteiger charge is 2.50. The summed E-state index contributed by atoms with van der Waals surface area (Å²) in [5, 5.41) is 5.31. The number of para-hydroxylation sites is 1. The molecule has 2 amide bonds. The Morgan fingerprint density at radius 1 is 1.14 bits per heavy atom. The van der Waals surface area contributed by atoms with Crippen molar-refractivity contribution in [3.05, 3.63) is 65.2 Å². The molecule has 7 heteroatoms. The molecule has 6 nitrogen and oxygen atoms in total. The van der Waals surface area contributed by atoms with Gasteiger partial charge in [-0.25, -0.2) is 10.4 Å². The molecule has 3 unspecified atom stereocenters. The molecule has 0 aliphatic carbocycles. The topological polar surface area (TPSA) is 64.7 Å². The maximum absolute atomic E-state index is 13.1.